The van der Waals surface area contributed by atoms with Crippen molar-refractivity contribution in [2.45, 2.75) is 52.1 Å². The monoisotopic (exact) mass is 474 g/mol. The van der Waals surface area contributed by atoms with E-state index in [1.807, 2.05) is 38.1 Å². The summed E-state index contributed by atoms with van der Waals surface area (Å²) in [6.07, 6.45) is 9.18. The third kappa shape index (κ3) is 4.45. The first-order valence-corrected chi connectivity index (χ1v) is 12.0. The lowest BCUT2D eigenvalue weighted by Gasteiger charge is -2.27. The molecule has 0 saturated heterocycles. The molecule has 3 aromatic heterocycles. The average molecular weight is 475 g/mol. The lowest BCUT2D eigenvalue weighted by molar-refractivity contribution is 0.295. The molecule has 1 aliphatic carbocycles. The SMILES string of the molecule is Cc1cncc(-c2ccc(-c3cc4cnc(C)nc4n(CC4CCC(N)CC4)c3=O)c(Cl)c2)n1. The van der Waals surface area contributed by atoms with Crippen LogP contribution in [-0.2, 0) is 6.54 Å². The Labute approximate surface area is 203 Å². The van der Waals surface area contributed by atoms with Crippen LogP contribution < -0.4 is 11.3 Å². The molecule has 0 atom stereocenters. The van der Waals surface area contributed by atoms with Crippen LogP contribution in [0.1, 0.15) is 37.2 Å². The number of nitrogens with two attached hydrogens (primary N) is 1. The molecule has 7 nitrogen and oxygen atoms in total. The second-order valence-corrected chi connectivity index (χ2v) is 9.60. The standard InChI is InChI=1S/C26H27ClN6O/c1-15-11-29-13-24(31-15)18-5-8-21(23(27)10-18)22-9-19-12-30-16(2)32-25(19)33(26(22)34)14-17-3-6-20(28)7-4-17/h5,8-13,17,20H,3-4,6-7,14,28H2,1-2H3. The van der Waals surface area contributed by atoms with Crippen LogP contribution in [0.15, 0.2) is 47.7 Å². The highest BCUT2D eigenvalue weighted by Gasteiger charge is 2.22. The van der Waals surface area contributed by atoms with E-state index in [1.165, 1.54) is 0 Å². The van der Waals surface area contributed by atoms with E-state index >= 15 is 0 Å². The summed E-state index contributed by atoms with van der Waals surface area (Å²) in [7, 11) is 0. The summed E-state index contributed by atoms with van der Waals surface area (Å²) >= 11 is 6.72. The van der Waals surface area contributed by atoms with Gasteiger partial charge < -0.3 is 5.73 Å². The van der Waals surface area contributed by atoms with Gasteiger partial charge in [-0.15, -0.1) is 0 Å². The van der Waals surface area contributed by atoms with Crippen LogP contribution in [0.25, 0.3) is 33.4 Å². The number of nitrogens with zero attached hydrogens (tertiary/aromatic N) is 5. The Bertz CT molecular complexity index is 1420. The maximum absolute atomic E-state index is 13.8. The van der Waals surface area contributed by atoms with Gasteiger partial charge in [-0.25, -0.2) is 15.0 Å². The Morgan fingerprint density at radius 1 is 1.03 bits per heavy atom. The maximum atomic E-state index is 13.8. The van der Waals surface area contributed by atoms with Gasteiger partial charge in [-0.1, -0.05) is 23.7 Å². The molecule has 1 fully saturated rings. The minimum atomic E-state index is -0.0922. The van der Waals surface area contributed by atoms with Crippen LogP contribution >= 0.6 is 11.6 Å². The van der Waals surface area contributed by atoms with E-state index in [0.29, 0.717) is 40.1 Å². The number of halogens is 1. The first kappa shape index (κ1) is 22.6. The number of benzene rings is 1. The number of aromatic nitrogens is 5. The predicted octanol–water partition coefficient (Wildman–Crippen LogP) is 4.70. The van der Waals surface area contributed by atoms with Crippen LogP contribution in [-0.4, -0.2) is 30.5 Å². The van der Waals surface area contributed by atoms with Crippen molar-refractivity contribution in [3.05, 3.63) is 69.8 Å². The minimum absolute atomic E-state index is 0.0922. The van der Waals surface area contributed by atoms with Gasteiger partial charge in [0.2, 0.25) is 0 Å². The lowest BCUT2D eigenvalue weighted by atomic mass is 9.86. The van der Waals surface area contributed by atoms with Crippen molar-refractivity contribution < 1.29 is 0 Å². The van der Waals surface area contributed by atoms with Gasteiger partial charge in [-0.05, 0) is 57.6 Å². The predicted molar refractivity (Wildman–Crippen MR) is 135 cm³/mol. The Balaban J connectivity index is 1.60. The van der Waals surface area contributed by atoms with Crippen LogP contribution in [0, 0.1) is 19.8 Å². The summed E-state index contributed by atoms with van der Waals surface area (Å²) in [6, 6.07) is 7.74. The van der Waals surface area contributed by atoms with E-state index in [1.54, 1.807) is 23.2 Å². The van der Waals surface area contributed by atoms with Crippen LogP contribution in [0.4, 0.5) is 0 Å². The summed E-state index contributed by atoms with van der Waals surface area (Å²) < 4.78 is 1.80. The first-order chi connectivity index (χ1) is 16.4. The fraction of sp³-hybridized carbons (Fsp3) is 0.346. The van der Waals surface area contributed by atoms with Gasteiger partial charge in [-0.3, -0.25) is 14.3 Å². The Kier molecular flexibility index (Phi) is 6.15. The highest BCUT2D eigenvalue weighted by atomic mass is 35.5. The number of rotatable bonds is 4. The Morgan fingerprint density at radius 3 is 2.56 bits per heavy atom. The van der Waals surface area contributed by atoms with Gasteiger partial charge in [0.15, 0.2) is 0 Å². The molecule has 5 rings (SSSR count). The van der Waals surface area contributed by atoms with Crippen LogP contribution in [0.3, 0.4) is 0 Å². The molecule has 1 aromatic carbocycles. The number of pyridine rings is 1. The third-order valence-electron chi connectivity index (χ3n) is 6.59. The molecule has 8 heteroatoms. The van der Waals surface area contributed by atoms with Crippen molar-refractivity contribution in [3.63, 3.8) is 0 Å². The van der Waals surface area contributed by atoms with Crippen LogP contribution in [0.2, 0.25) is 5.02 Å². The lowest BCUT2D eigenvalue weighted by Crippen LogP contribution is -2.31. The quantitative estimate of drug-likeness (QED) is 0.460. The average Bonchev–Trinajstić information content (AvgIpc) is 2.82. The fourth-order valence-electron chi connectivity index (χ4n) is 4.73. The summed E-state index contributed by atoms with van der Waals surface area (Å²) in [6.45, 7) is 4.35. The number of fused-ring (bicyclic) bond motifs is 1. The van der Waals surface area contributed by atoms with E-state index in [0.717, 1.165) is 48.0 Å². The molecule has 2 N–H and O–H groups in total. The molecular weight excluding hydrogens is 448 g/mol. The van der Waals surface area contributed by atoms with Gasteiger partial charge in [0, 0.05) is 52.1 Å². The molecule has 0 aliphatic heterocycles. The zero-order valence-electron chi connectivity index (χ0n) is 19.3. The van der Waals surface area contributed by atoms with E-state index in [-0.39, 0.29) is 11.6 Å². The summed E-state index contributed by atoms with van der Waals surface area (Å²) in [5, 5.41) is 1.30. The van der Waals surface area contributed by atoms with Gasteiger partial charge >= 0.3 is 0 Å². The van der Waals surface area contributed by atoms with E-state index in [4.69, 9.17) is 17.3 Å². The van der Waals surface area contributed by atoms with Crippen molar-refractivity contribution in [1.82, 2.24) is 24.5 Å². The summed E-state index contributed by atoms with van der Waals surface area (Å²) in [4.78, 5) is 31.5. The number of hydrogen-bond donors (Lipinski definition) is 1. The van der Waals surface area contributed by atoms with E-state index in [9.17, 15) is 4.79 Å². The van der Waals surface area contributed by atoms with Gasteiger partial charge in [0.1, 0.15) is 11.5 Å². The zero-order valence-corrected chi connectivity index (χ0v) is 20.1. The van der Waals surface area contributed by atoms with Crippen molar-refractivity contribution >= 4 is 22.6 Å². The highest BCUT2D eigenvalue weighted by molar-refractivity contribution is 6.33. The van der Waals surface area contributed by atoms with Crippen LogP contribution in [0.5, 0.6) is 0 Å². The molecule has 0 bridgehead atoms. The van der Waals surface area contributed by atoms with E-state index in [2.05, 4.69) is 19.9 Å². The fourth-order valence-corrected chi connectivity index (χ4v) is 5.01. The smallest absolute Gasteiger partial charge is 0.260 e. The van der Waals surface area contributed by atoms with E-state index < -0.39 is 0 Å². The molecule has 3 heterocycles. The molecule has 1 saturated carbocycles. The molecule has 1 aliphatic rings. The third-order valence-corrected chi connectivity index (χ3v) is 6.90. The molecule has 0 spiro atoms. The maximum Gasteiger partial charge on any atom is 0.260 e. The second-order valence-electron chi connectivity index (χ2n) is 9.19. The molecule has 0 amide bonds. The number of aryl methyl sites for hydroxylation is 2. The molecule has 0 unspecified atom stereocenters. The Morgan fingerprint density at radius 2 is 1.82 bits per heavy atom. The first-order valence-electron chi connectivity index (χ1n) is 11.6. The van der Waals surface area contributed by atoms with Crippen molar-refractivity contribution in [1.29, 1.82) is 0 Å². The molecule has 4 aromatic rings. The topological polar surface area (TPSA) is 99.6 Å². The Hall–Kier alpha value is -3.16. The summed E-state index contributed by atoms with van der Waals surface area (Å²) in [5.41, 5.74) is 10.3. The van der Waals surface area contributed by atoms with Crippen molar-refractivity contribution in [3.8, 4) is 22.4 Å². The zero-order chi connectivity index (χ0) is 23.8. The molecule has 0 radical (unpaired) electrons. The number of hydrogen-bond acceptors (Lipinski definition) is 6. The minimum Gasteiger partial charge on any atom is -0.328 e. The largest absolute Gasteiger partial charge is 0.328 e. The molecule has 34 heavy (non-hydrogen) atoms. The van der Waals surface area contributed by atoms with Gasteiger partial charge in [-0.2, -0.15) is 0 Å². The van der Waals surface area contributed by atoms with Gasteiger partial charge in [0.25, 0.3) is 5.56 Å². The van der Waals surface area contributed by atoms with Gasteiger partial charge in [0.05, 0.1) is 17.6 Å². The normalized spacial score (nSPS) is 18.4. The second kappa shape index (κ2) is 9.24. The molecular formula is C26H27ClN6O. The van der Waals surface area contributed by atoms with Crippen molar-refractivity contribution in [2.75, 3.05) is 0 Å². The molecule has 174 valence electrons. The highest BCUT2D eigenvalue weighted by Crippen LogP contribution is 2.32. The summed E-state index contributed by atoms with van der Waals surface area (Å²) in [5.74, 6) is 1.03. The van der Waals surface area contributed by atoms with Crippen molar-refractivity contribution in [2.24, 2.45) is 11.7 Å².